The molecule has 0 aliphatic rings. The Labute approximate surface area is 166 Å². The minimum absolute atomic E-state index is 0.477. The summed E-state index contributed by atoms with van der Waals surface area (Å²) in [4.78, 5) is 4.70. The molecule has 6 nitrogen and oxygen atoms in total. The van der Waals surface area contributed by atoms with Gasteiger partial charge in [0, 0.05) is 22.2 Å². The molecule has 142 valence electrons. The van der Waals surface area contributed by atoms with Crippen LogP contribution < -0.4 is 4.72 Å². The number of nitrogens with zero attached hydrogens (tertiary/aromatic N) is 2. The van der Waals surface area contributed by atoms with Crippen LogP contribution in [0.2, 0.25) is 0 Å². The van der Waals surface area contributed by atoms with E-state index >= 15 is 0 Å². The van der Waals surface area contributed by atoms with Crippen molar-refractivity contribution in [3.05, 3.63) is 65.9 Å². The molecule has 0 bridgehead atoms. The lowest BCUT2D eigenvalue weighted by Crippen LogP contribution is -2.07. The third-order valence-corrected chi connectivity index (χ3v) is 6.35. The maximum Gasteiger partial charge on any atom is 0.254 e. The lowest BCUT2D eigenvalue weighted by molar-refractivity contribution is 0.393. The number of fused-ring (bicyclic) bond motifs is 1. The van der Waals surface area contributed by atoms with Crippen LogP contribution in [0.1, 0.15) is 11.5 Å². The van der Waals surface area contributed by atoms with Gasteiger partial charge in [-0.15, -0.1) is 11.3 Å². The summed E-state index contributed by atoms with van der Waals surface area (Å²) in [5.41, 5.74) is 5.22. The third kappa shape index (κ3) is 3.44. The standard InChI is InChI=1S/C20H17N3O3S2/c1-4-28(24,25)23-16-8-5-14(6-9-16)20-21-17-10-7-15(11-18(17)27-20)19-12(2)22-26-13(19)3/h4-11,23H,1H2,2-3H3. The van der Waals surface area contributed by atoms with Gasteiger partial charge in [0.05, 0.1) is 15.9 Å². The van der Waals surface area contributed by atoms with Crippen LogP contribution in [0, 0.1) is 13.8 Å². The maximum atomic E-state index is 11.6. The van der Waals surface area contributed by atoms with Crippen LogP contribution in [-0.4, -0.2) is 18.6 Å². The van der Waals surface area contributed by atoms with Gasteiger partial charge in [0.2, 0.25) is 0 Å². The molecule has 28 heavy (non-hydrogen) atoms. The van der Waals surface area contributed by atoms with Gasteiger partial charge in [-0.25, -0.2) is 13.4 Å². The molecule has 0 spiro atoms. The van der Waals surface area contributed by atoms with Gasteiger partial charge < -0.3 is 4.52 Å². The molecule has 4 rings (SSSR count). The average Bonchev–Trinajstić information content (AvgIpc) is 3.24. The van der Waals surface area contributed by atoms with Crippen molar-refractivity contribution in [2.24, 2.45) is 0 Å². The van der Waals surface area contributed by atoms with Crippen molar-refractivity contribution in [3.8, 4) is 21.7 Å². The molecular weight excluding hydrogens is 394 g/mol. The summed E-state index contributed by atoms with van der Waals surface area (Å²) in [5, 5.41) is 5.77. The summed E-state index contributed by atoms with van der Waals surface area (Å²) >= 11 is 1.58. The normalized spacial score (nSPS) is 11.6. The second-order valence-corrected chi connectivity index (χ2v) is 8.95. The molecule has 0 saturated heterocycles. The molecule has 0 aliphatic carbocycles. The second kappa shape index (κ2) is 6.88. The fraction of sp³-hybridized carbons (Fsp3) is 0.100. The number of benzene rings is 2. The van der Waals surface area contributed by atoms with E-state index in [9.17, 15) is 8.42 Å². The maximum absolute atomic E-state index is 11.6. The van der Waals surface area contributed by atoms with Gasteiger partial charge in [-0.3, -0.25) is 4.72 Å². The van der Waals surface area contributed by atoms with E-state index in [1.165, 1.54) is 0 Å². The molecule has 0 amide bonds. The molecule has 0 unspecified atom stereocenters. The number of aromatic nitrogens is 2. The highest BCUT2D eigenvalue weighted by Crippen LogP contribution is 2.35. The van der Waals surface area contributed by atoms with E-state index in [1.54, 1.807) is 23.5 Å². The van der Waals surface area contributed by atoms with Gasteiger partial charge in [0.1, 0.15) is 10.8 Å². The fourth-order valence-electron chi connectivity index (χ4n) is 2.99. The molecule has 2 heterocycles. The lowest BCUT2D eigenvalue weighted by atomic mass is 10.0. The largest absolute Gasteiger partial charge is 0.361 e. The fourth-order valence-corrected chi connectivity index (χ4v) is 4.54. The molecule has 2 aromatic carbocycles. The van der Waals surface area contributed by atoms with Gasteiger partial charge in [-0.1, -0.05) is 17.8 Å². The van der Waals surface area contributed by atoms with Crippen molar-refractivity contribution in [2.45, 2.75) is 13.8 Å². The number of nitrogens with one attached hydrogen (secondary N) is 1. The molecular formula is C20H17N3O3S2. The Bertz CT molecular complexity index is 1270. The van der Waals surface area contributed by atoms with Crippen LogP contribution >= 0.6 is 11.3 Å². The number of hydrogen-bond donors (Lipinski definition) is 1. The zero-order chi connectivity index (χ0) is 19.9. The Morgan fingerprint density at radius 2 is 1.82 bits per heavy atom. The summed E-state index contributed by atoms with van der Waals surface area (Å²) in [5.74, 6) is 0.791. The van der Waals surface area contributed by atoms with Gasteiger partial charge in [0.15, 0.2) is 0 Å². The molecule has 1 N–H and O–H groups in total. The quantitative estimate of drug-likeness (QED) is 0.493. The highest BCUT2D eigenvalue weighted by molar-refractivity contribution is 7.95. The highest BCUT2D eigenvalue weighted by atomic mass is 32.2. The van der Waals surface area contributed by atoms with Gasteiger partial charge >= 0.3 is 0 Å². The molecule has 4 aromatic rings. The number of hydrogen-bond acceptors (Lipinski definition) is 6. The Balaban J connectivity index is 1.67. The average molecular weight is 412 g/mol. The Morgan fingerprint density at radius 3 is 2.46 bits per heavy atom. The number of rotatable bonds is 5. The monoisotopic (exact) mass is 411 g/mol. The summed E-state index contributed by atoms with van der Waals surface area (Å²) in [6.45, 7) is 7.12. The van der Waals surface area contributed by atoms with Crippen LogP contribution in [0.4, 0.5) is 5.69 Å². The summed E-state index contributed by atoms with van der Waals surface area (Å²) in [7, 11) is -3.52. The molecule has 2 aromatic heterocycles. The minimum atomic E-state index is -3.52. The zero-order valence-electron chi connectivity index (χ0n) is 15.3. The first-order valence-corrected chi connectivity index (χ1v) is 10.8. The van der Waals surface area contributed by atoms with Gasteiger partial charge in [-0.05, 0) is 55.8 Å². The molecule has 0 aliphatic heterocycles. The first-order valence-electron chi connectivity index (χ1n) is 8.46. The predicted octanol–water partition coefficient (Wildman–Crippen LogP) is 5.12. The van der Waals surface area contributed by atoms with Crippen LogP contribution in [-0.2, 0) is 10.0 Å². The van der Waals surface area contributed by atoms with Crippen molar-refractivity contribution < 1.29 is 12.9 Å². The van der Waals surface area contributed by atoms with E-state index in [2.05, 4.69) is 22.5 Å². The lowest BCUT2D eigenvalue weighted by Gasteiger charge is -2.04. The number of anilines is 1. The van der Waals surface area contributed by atoms with E-state index < -0.39 is 10.0 Å². The number of thiazole rings is 1. The van der Waals surface area contributed by atoms with Gasteiger partial charge in [-0.2, -0.15) is 0 Å². The highest BCUT2D eigenvalue weighted by Gasteiger charge is 2.14. The SMILES string of the molecule is C=CS(=O)(=O)Nc1ccc(-c2nc3ccc(-c4c(C)noc4C)cc3s2)cc1. The minimum Gasteiger partial charge on any atom is -0.361 e. The summed E-state index contributed by atoms with van der Waals surface area (Å²) in [6, 6.07) is 13.2. The van der Waals surface area contributed by atoms with E-state index in [0.717, 1.165) is 48.8 Å². The Morgan fingerprint density at radius 1 is 1.11 bits per heavy atom. The van der Waals surface area contributed by atoms with Crippen molar-refractivity contribution in [2.75, 3.05) is 4.72 Å². The zero-order valence-corrected chi connectivity index (χ0v) is 16.9. The van der Waals surface area contributed by atoms with Crippen molar-refractivity contribution in [3.63, 3.8) is 0 Å². The Kier molecular flexibility index (Phi) is 4.52. The third-order valence-electron chi connectivity index (χ3n) is 4.32. The van der Waals surface area contributed by atoms with Crippen molar-refractivity contribution in [1.29, 1.82) is 0 Å². The van der Waals surface area contributed by atoms with E-state index in [4.69, 9.17) is 9.51 Å². The van der Waals surface area contributed by atoms with Gasteiger partial charge in [0.25, 0.3) is 10.0 Å². The van der Waals surface area contributed by atoms with E-state index in [0.29, 0.717) is 5.69 Å². The first kappa shape index (κ1) is 18.4. The summed E-state index contributed by atoms with van der Waals surface area (Å²) in [6.07, 6.45) is 0. The number of aryl methyl sites for hydroxylation is 2. The van der Waals surface area contributed by atoms with Crippen LogP contribution in [0.3, 0.4) is 0 Å². The van der Waals surface area contributed by atoms with E-state index in [1.807, 2.05) is 38.1 Å². The predicted molar refractivity (Wildman–Crippen MR) is 113 cm³/mol. The topological polar surface area (TPSA) is 85.1 Å². The van der Waals surface area contributed by atoms with Crippen LogP contribution in [0.15, 0.2) is 59.0 Å². The van der Waals surface area contributed by atoms with E-state index in [-0.39, 0.29) is 0 Å². The smallest absolute Gasteiger partial charge is 0.254 e. The van der Waals surface area contributed by atoms with Crippen molar-refractivity contribution in [1.82, 2.24) is 10.1 Å². The number of sulfonamides is 1. The summed E-state index contributed by atoms with van der Waals surface area (Å²) < 4.78 is 31.9. The molecule has 0 saturated carbocycles. The molecule has 0 fully saturated rings. The second-order valence-electron chi connectivity index (χ2n) is 6.29. The van der Waals surface area contributed by atoms with Crippen LogP contribution in [0.5, 0.6) is 0 Å². The first-order chi connectivity index (χ1) is 13.4. The Hall–Kier alpha value is -2.97. The van der Waals surface area contributed by atoms with Crippen molar-refractivity contribution >= 4 is 37.3 Å². The molecule has 0 atom stereocenters. The molecule has 0 radical (unpaired) electrons. The van der Waals surface area contributed by atoms with Crippen LogP contribution in [0.25, 0.3) is 31.9 Å². The molecule has 8 heteroatoms.